The van der Waals surface area contributed by atoms with E-state index in [0.717, 1.165) is 5.92 Å². The van der Waals surface area contributed by atoms with E-state index in [9.17, 15) is 10.1 Å². The minimum absolute atomic E-state index is 0. The van der Waals surface area contributed by atoms with Crippen LogP contribution in [0.4, 0.5) is 5.69 Å². The summed E-state index contributed by atoms with van der Waals surface area (Å²) in [5.41, 5.74) is 1.38. The van der Waals surface area contributed by atoms with Gasteiger partial charge in [-0.05, 0) is 12.0 Å². The number of nitro benzene ring substituents is 1. The molecule has 0 unspecified atom stereocenters. The summed E-state index contributed by atoms with van der Waals surface area (Å²) in [6.45, 7) is 11.1. The Bertz CT molecular complexity index is 414. The van der Waals surface area contributed by atoms with Crippen LogP contribution < -0.4 is 0 Å². The summed E-state index contributed by atoms with van der Waals surface area (Å²) in [5.74, 6) is 0.0892. The van der Waals surface area contributed by atoms with Crippen molar-refractivity contribution in [2.75, 3.05) is 0 Å². The van der Waals surface area contributed by atoms with Gasteiger partial charge in [0.15, 0.2) is 5.69 Å². The van der Waals surface area contributed by atoms with Crippen molar-refractivity contribution in [2.45, 2.75) is 47.4 Å². The Hall–Kier alpha value is -0.406. The largest absolute Gasteiger partial charge is 0.270 e. The van der Waals surface area contributed by atoms with Gasteiger partial charge in [0, 0.05) is 39.0 Å². The second kappa shape index (κ2) is 9.51. The van der Waals surface area contributed by atoms with Crippen LogP contribution in [0, 0.1) is 16.0 Å². The molecule has 99 valence electrons. The molecule has 0 saturated carbocycles. The van der Waals surface area contributed by atoms with Gasteiger partial charge in [0.1, 0.15) is 0 Å². The average Bonchev–Trinajstić information content (AvgIpc) is 2.29. The van der Waals surface area contributed by atoms with Crippen molar-refractivity contribution < 1.29 is 39.0 Å². The third-order valence-electron chi connectivity index (χ3n) is 2.31. The zero-order valence-electron chi connectivity index (χ0n) is 13.1. The molecule has 0 atom stereocenters. The Labute approximate surface area is 137 Å². The molecule has 1 aromatic carbocycles. The standard InChI is InChI=1S/C12H16NO2.C2H6.Y/c1-8(2)10-5-6-11(9(3)4)12(7-10)13(14)15;1-2;/h5-8H,1-4H3;1-2H3;/q-1;;/i8T;;. The molecule has 0 aliphatic carbocycles. The first kappa shape index (κ1) is 17.6. The quantitative estimate of drug-likeness (QED) is 0.459. The predicted molar refractivity (Wildman–Crippen MR) is 72.2 cm³/mol. The SMILES string of the molecule is CC.[3H]C(C)(C)c1ccc([C-](C)C)c([N+](=O)[O-])c1.[Y]. The van der Waals surface area contributed by atoms with Gasteiger partial charge in [-0.2, -0.15) is 12.0 Å². The van der Waals surface area contributed by atoms with E-state index >= 15 is 0 Å². The zero-order chi connectivity index (χ0) is 14.5. The van der Waals surface area contributed by atoms with Crippen LogP contribution in [-0.2, 0) is 32.7 Å². The fourth-order valence-electron chi connectivity index (χ4n) is 1.42. The second-order valence-electron chi connectivity index (χ2n) is 3.99. The molecule has 3 nitrogen and oxygen atoms in total. The maximum atomic E-state index is 10.9. The average molecular weight is 327 g/mol. The number of benzene rings is 1. The Morgan fingerprint density at radius 1 is 1.33 bits per heavy atom. The van der Waals surface area contributed by atoms with Crippen LogP contribution in [0.15, 0.2) is 18.2 Å². The van der Waals surface area contributed by atoms with Crippen molar-refractivity contribution in [3.8, 4) is 0 Å². The summed E-state index contributed by atoms with van der Waals surface area (Å²) in [6.07, 6.45) is 0. The van der Waals surface area contributed by atoms with Gasteiger partial charge in [-0.3, -0.25) is 10.1 Å². The molecule has 0 aliphatic rings. The fourth-order valence-corrected chi connectivity index (χ4v) is 1.42. The van der Waals surface area contributed by atoms with Gasteiger partial charge in [-0.25, -0.2) is 0 Å². The van der Waals surface area contributed by atoms with Gasteiger partial charge in [0.25, 0.3) is 0 Å². The van der Waals surface area contributed by atoms with Crippen LogP contribution in [0.25, 0.3) is 0 Å². The van der Waals surface area contributed by atoms with Crippen LogP contribution in [0.5, 0.6) is 0 Å². The third kappa shape index (κ3) is 5.49. The molecule has 0 amide bonds. The number of hydrogen-bond donors (Lipinski definition) is 0. The van der Waals surface area contributed by atoms with Crippen molar-refractivity contribution in [1.82, 2.24) is 0 Å². The monoisotopic (exact) mass is 327 g/mol. The van der Waals surface area contributed by atoms with Gasteiger partial charge < -0.3 is 0 Å². The third-order valence-corrected chi connectivity index (χ3v) is 2.31. The smallest absolute Gasteiger partial charge is 0.170 e. The van der Waals surface area contributed by atoms with Gasteiger partial charge in [0.05, 0.1) is 0 Å². The molecule has 0 N–H and O–H groups in total. The molecule has 1 rings (SSSR count). The molecule has 18 heavy (non-hydrogen) atoms. The van der Waals surface area contributed by atoms with Crippen molar-refractivity contribution >= 4 is 5.69 Å². The summed E-state index contributed by atoms with van der Waals surface area (Å²) in [4.78, 5) is 10.5. The maximum Gasteiger partial charge on any atom is 0.170 e. The van der Waals surface area contributed by atoms with E-state index in [4.69, 9.17) is 1.37 Å². The van der Waals surface area contributed by atoms with E-state index in [-0.39, 0.29) is 38.4 Å². The molecule has 0 aliphatic heterocycles. The van der Waals surface area contributed by atoms with Crippen LogP contribution in [-0.4, -0.2) is 4.92 Å². The molecule has 0 saturated heterocycles. The van der Waals surface area contributed by atoms with Crippen molar-refractivity contribution in [3.63, 3.8) is 0 Å². The van der Waals surface area contributed by atoms with E-state index in [0.29, 0.717) is 11.1 Å². The van der Waals surface area contributed by atoms with Gasteiger partial charge in [-0.1, -0.05) is 47.1 Å². The molecule has 1 aromatic rings. The molecular weight excluding hydrogens is 303 g/mol. The normalized spacial score (nSPS) is 10.4. The first-order valence-electron chi connectivity index (χ1n) is 6.33. The summed E-state index contributed by atoms with van der Waals surface area (Å²) >= 11 is 0. The molecule has 1 radical (unpaired) electrons. The van der Waals surface area contributed by atoms with E-state index in [2.05, 4.69) is 0 Å². The first-order chi connectivity index (χ1) is 8.23. The maximum absolute atomic E-state index is 10.9. The predicted octanol–water partition coefficient (Wildman–Crippen LogP) is 4.70. The first-order valence-corrected chi connectivity index (χ1v) is 5.83. The second-order valence-corrected chi connectivity index (χ2v) is 3.99. The molecule has 0 heterocycles. The van der Waals surface area contributed by atoms with E-state index in [1.165, 1.54) is 6.07 Å². The van der Waals surface area contributed by atoms with Crippen molar-refractivity contribution in [2.24, 2.45) is 0 Å². The Balaban J connectivity index is 0. The fraction of sp³-hybridized carbons (Fsp3) is 0.500. The molecule has 4 heteroatoms. The van der Waals surface area contributed by atoms with E-state index in [1.807, 2.05) is 27.7 Å². The molecule has 0 aromatic heterocycles. The Kier molecular flexibility index (Phi) is 9.30. The summed E-state index contributed by atoms with van der Waals surface area (Å²) in [6, 6.07) is 5.00. The minimum atomic E-state index is -0.815. The summed E-state index contributed by atoms with van der Waals surface area (Å²) in [5, 5.41) is 10.9. The van der Waals surface area contributed by atoms with Crippen LogP contribution >= 0.6 is 0 Å². The Morgan fingerprint density at radius 3 is 2.17 bits per heavy atom. The molecular formula is C14H22NO2Y-. The van der Waals surface area contributed by atoms with E-state index in [1.54, 1.807) is 26.0 Å². The van der Waals surface area contributed by atoms with E-state index < -0.39 is 10.8 Å². The van der Waals surface area contributed by atoms with Crippen molar-refractivity contribution in [3.05, 3.63) is 45.4 Å². The van der Waals surface area contributed by atoms with Gasteiger partial charge >= 0.3 is 0 Å². The molecule has 0 bridgehead atoms. The zero-order valence-corrected chi connectivity index (χ0v) is 14.9. The van der Waals surface area contributed by atoms with Gasteiger partial charge in [-0.15, -0.1) is 11.6 Å². The number of nitro groups is 1. The topological polar surface area (TPSA) is 43.1 Å². The Morgan fingerprint density at radius 2 is 1.83 bits per heavy atom. The minimum Gasteiger partial charge on any atom is -0.270 e. The molecule has 0 spiro atoms. The van der Waals surface area contributed by atoms with Crippen LogP contribution in [0.1, 0.15) is 59.9 Å². The summed E-state index contributed by atoms with van der Waals surface area (Å²) in [7, 11) is 0. The summed E-state index contributed by atoms with van der Waals surface area (Å²) < 4.78 is 7.86. The van der Waals surface area contributed by atoms with Crippen molar-refractivity contribution in [1.29, 1.82) is 0 Å². The number of rotatable bonds is 3. The van der Waals surface area contributed by atoms with Crippen LogP contribution in [0.2, 0.25) is 0 Å². The van der Waals surface area contributed by atoms with Gasteiger partial charge in [0.2, 0.25) is 0 Å². The number of hydrogen-bond acceptors (Lipinski definition) is 2. The molecule has 0 fully saturated rings. The number of nitrogens with zero attached hydrogens (tertiary/aromatic N) is 1. The van der Waals surface area contributed by atoms with Crippen LogP contribution in [0.3, 0.4) is 0 Å².